The van der Waals surface area contributed by atoms with Gasteiger partial charge in [-0.25, -0.2) is 4.39 Å². The number of nitrogens with one attached hydrogen (secondary N) is 1. The second kappa shape index (κ2) is 5.67. The Morgan fingerprint density at radius 2 is 2.11 bits per heavy atom. The van der Waals surface area contributed by atoms with E-state index in [1.165, 1.54) is 12.1 Å². The molecule has 1 fully saturated rings. The Hall–Kier alpha value is -1.14. The zero-order valence-corrected chi connectivity index (χ0v) is 11.3. The summed E-state index contributed by atoms with van der Waals surface area (Å²) >= 11 is 3.17. The molecule has 98 valence electrons. The molecule has 0 bridgehead atoms. The number of nitrogens with two attached hydrogens (primary N) is 1. The van der Waals surface area contributed by atoms with E-state index in [0.717, 1.165) is 12.8 Å². The molecular formula is C12H14BrFN2O2. The third-order valence-corrected chi connectivity index (χ3v) is 3.54. The number of benzene rings is 1. The molecule has 18 heavy (non-hydrogen) atoms. The molecule has 1 aliphatic rings. The molecule has 0 radical (unpaired) electrons. The van der Waals surface area contributed by atoms with Crippen LogP contribution in [0.15, 0.2) is 16.6 Å². The molecule has 6 heteroatoms. The minimum Gasteiger partial charge on any atom is -0.396 e. The predicted molar refractivity (Wildman–Crippen MR) is 69.8 cm³/mol. The van der Waals surface area contributed by atoms with Crippen molar-refractivity contribution in [1.29, 1.82) is 0 Å². The van der Waals surface area contributed by atoms with Crippen LogP contribution < -0.4 is 11.1 Å². The lowest BCUT2D eigenvalue weighted by Crippen LogP contribution is -2.39. The van der Waals surface area contributed by atoms with E-state index in [2.05, 4.69) is 21.2 Å². The molecular weight excluding hydrogens is 303 g/mol. The number of anilines is 1. The number of carbonyl (C=O) groups is 1. The van der Waals surface area contributed by atoms with Gasteiger partial charge in [0.1, 0.15) is 5.82 Å². The largest absolute Gasteiger partial charge is 0.396 e. The van der Waals surface area contributed by atoms with Crippen molar-refractivity contribution >= 4 is 27.5 Å². The quantitative estimate of drug-likeness (QED) is 0.821. The third kappa shape index (κ3) is 3.00. The first-order chi connectivity index (χ1) is 8.58. The van der Waals surface area contributed by atoms with Crippen LogP contribution in [0.5, 0.6) is 0 Å². The minimum atomic E-state index is -0.538. The van der Waals surface area contributed by atoms with Crippen LogP contribution in [0.3, 0.4) is 0 Å². The molecule has 0 unspecified atom stereocenters. The fraction of sp³-hybridized carbons (Fsp3) is 0.417. The van der Waals surface area contributed by atoms with Gasteiger partial charge in [-0.3, -0.25) is 4.79 Å². The molecule has 0 atom stereocenters. The highest BCUT2D eigenvalue weighted by atomic mass is 79.9. The van der Waals surface area contributed by atoms with Crippen LogP contribution in [0.1, 0.15) is 23.2 Å². The maximum absolute atomic E-state index is 13.2. The normalized spacial score (nSPS) is 16.6. The van der Waals surface area contributed by atoms with Crippen LogP contribution in [0.25, 0.3) is 0 Å². The number of carbonyl (C=O) groups excluding carboxylic acids is 1. The molecule has 1 amide bonds. The van der Waals surface area contributed by atoms with Gasteiger partial charge in [0.05, 0.1) is 11.3 Å². The second-order valence-corrected chi connectivity index (χ2v) is 5.07. The second-order valence-electron chi connectivity index (χ2n) is 4.21. The van der Waals surface area contributed by atoms with Crippen molar-refractivity contribution < 1.29 is 13.9 Å². The van der Waals surface area contributed by atoms with Crippen LogP contribution >= 0.6 is 15.9 Å². The maximum atomic E-state index is 13.2. The Morgan fingerprint density at radius 3 is 2.78 bits per heavy atom. The van der Waals surface area contributed by atoms with E-state index < -0.39 is 5.82 Å². The standard InChI is InChI=1S/C12H14BrFN2O2/c13-9-6-10(14)11(15)5-8(9)12(17)16-7-1-3-18-4-2-7/h5-7H,1-4,15H2,(H,16,17). The SMILES string of the molecule is Nc1cc(C(=O)NC2CCOCC2)c(Br)cc1F. The molecule has 2 rings (SSSR count). The maximum Gasteiger partial charge on any atom is 0.252 e. The van der Waals surface area contributed by atoms with Crippen molar-refractivity contribution in [2.24, 2.45) is 0 Å². The van der Waals surface area contributed by atoms with E-state index in [0.29, 0.717) is 23.2 Å². The Morgan fingerprint density at radius 1 is 1.44 bits per heavy atom. The highest BCUT2D eigenvalue weighted by molar-refractivity contribution is 9.10. The molecule has 1 aromatic rings. The topological polar surface area (TPSA) is 64.4 Å². The monoisotopic (exact) mass is 316 g/mol. The van der Waals surface area contributed by atoms with Crippen LogP contribution in [0.2, 0.25) is 0 Å². The molecule has 1 heterocycles. The molecule has 0 aromatic heterocycles. The van der Waals surface area contributed by atoms with Gasteiger partial charge >= 0.3 is 0 Å². The number of ether oxygens (including phenoxy) is 1. The number of nitrogen functional groups attached to an aromatic ring is 1. The number of hydrogen-bond donors (Lipinski definition) is 2. The van der Waals surface area contributed by atoms with Gasteiger partial charge in [-0.05, 0) is 40.9 Å². The van der Waals surface area contributed by atoms with Crippen molar-refractivity contribution in [2.75, 3.05) is 18.9 Å². The van der Waals surface area contributed by atoms with Crippen molar-refractivity contribution in [3.8, 4) is 0 Å². The summed E-state index contributed by atoms with van der Waals surface area (Å²) < 4.78 is 18.8. The summed E-state index contributed by atoms with van der Waals surface area (Å²) in [5.74, 6) is -0.787. The van der Waals surface area contributed by atoms with Crippen LogP contribution in [0.4, 0.5) is 10.1 Å². The fourth-order valence-corrected chi connectivity index (χ4v) is 2.34. The lowest BCUT2D eigenvalue weighted by molar-refractivity contribution is 0.0696. The van der Waals surface area contributed by atoms with Crippen molar-refractivity contribution in [2.45, 2.75) is 18.9 Å². The number of amides is 1. The lowest BCUT2D eigenvalue weighted by Gasteiger charge is -2.23. The van der Waals surface area contributed by atoms with Gasteiger partial charge in [0.15, 0.2) is 0 Å². The Bertz CT molecular complexity index is 462. The molecule has 1 saturated heterocycles. The highest BCUT2D eigenvalue weighted by Gasteiger charge is 2.19. The Kier molecular flexibility index (Phi) is 4.19. The number of hydrogen-bond acceptors (Lipinski definition) is 3. The van der Waals surface area contributed by atoms with Crippen molar-refractivity contribution in [1.82, 2.24) is 5.32 Å². The Balaban J connectivity index is 2.10. The molecule has 1 aromatic carbocycles. The summed E-state index contributed by atoms with van der Waals surface area (Å²) in [6, 6.07) is 2.65. The number of rotatable bonds is 2. The molecule has 1 aliphatic heterocycles. The minimum absolute atomic E-state index is 0.0321. The number of halogens is 2. The van der Waals surface area contributed by atoms with Gasteiger partial charge in [-0.15, -0.1) is 0 Å². The zero-order valence-electron chi connectivity index (χ0n) is 9.71. The molecule has 0 spiro atoms. The summed E-state index contributed by atoms with van der Waals surface area (Å²) in [4.78, 5) is 12.0. The molecule has 4 nitrogen and oxygen atoms in total. The lowest BCUT2D eigenvalue weighted by atomic mass is 10.1. The van der Waals surface area contributed by atoms with Gasteiger partial charge in [0.2, 0.25) is 0 Å². The van der Waals surface area contributed by atoms with Crippen LogP contribution in [-0.4, -0.2) is 25.2 Å². The highest BCUT2D eigenvalue weighted by Crippen LogP contribution is 2.23. The van der Waals surface area contributed by atoms with Crippen molar-refractivity contribution in [3.05, 3.63) is 28.0 Å². The summed E-state index contributed by atoms with van der Waals surface area (Å²) in [6.07, 6.45) is 1.58. The smallest absolute Gasteiger partial charge is 0.252 e. The van der Waals surface area contributed by atoms with E-state index in [1.807, 2.05) is 0 Å². The molecule has 0 aliphatic carbocycles. The predicted octanol–water partition coefficient (Wildman–Crippen LogP) is 2.08. The summed E-state index contributed by atoms with van der Waals surface area (Å²) in [6.45, 7) is 1.30. The summed E-state index contributed by atoms with van der Waals surface area (Å²) in [5, 5.41) is 2.90. The fourth-order valence-electron chi connectivity index (χ4n) is 1.84. The van der Waals surface area contributed by atoms with Gasteiger partial charge in [0, 0.05) is 23.7 Å². The van der Waals surface area contributed by atoms with Gasteiger partial charge in [-0.2, -0.15) is 0 Å². The third-order valence-electron chi connectivity index (χ3n) is 2.89. The van der Waals surface area contributed by atoms with Gasteiger partial charge < -0.3 is 15.8 Å². The van der Waals surface area contributed by atoms with Crippen LogP contribution in [-0.2, 0) is 4.74 Å². The first kappa shape index (κ1) is 13.3. The molecule has 0 saturated carbocycles. The van der Waals surface area contributed by atoms with Gasteiger partial charge in [0.25, 0.3) is 5.91 Å². The van der Waals surface area contributed by atoms with Gasteiger partial charge in [-0.1, -0.05) is 0 Å². The summed E-state index contributed by atoms with van der Waals surface area (Å²) in [7, 11) is 0. The Labute approximate surface area is 113 Å². The van der Waals surface area contributed by atoms with Crippen molar-refractivity contribution in [3.63, 3.8) is 0 Å². The zero-order chi connectivity index (χ0) is 13.1. The average Bonchev–Trinajstić information content (AvgIpc) is 2.35. The first-order valence-corrected chi connectivity index (χ1v) is 6.50. The summed E-state index contributed by atoms with van der Waals surface area (Å²) in [5.41, 5.74) is 5.78. The first-order valence-electron chi connectivity index (χ1n) is 5.71. The van der Waals surface area contributed by atoms with E-state index in [1.54, 1.807) is 0 Å². The van der Waals surface area contributed by atoms with E-state index in [4.69, 9.17) is 10.5 Å². The van der Waals surface area contributed by atoms with E-state index in [9.17, 15) is 9.18 Å². The molecule has 3 N–H and O–H groups in total. The average molecular weight is 317 g/mol. The van der Waals surface area contributed by atoms with E-state index in [-0.39, 0.29) is 17.6 Å². The van der Waals surface area contributed by atoms with E-state index >= 15 is 0 Å². The van der Waals surface area contributed by atoms with Crippen LogP contribution in [0, 0.1) is 5.82 Å².